The third-order valence-corrected chi connectivity index (χ3v) is 2.54. The predicted octanol–water partition coefficient (Wildman–Crippen LogP) is 4.39. The van der Waals surface area contributed by atoms with E-state index in [2.05, 4.69) is 4.74 Å². The van der Waals surface area contributed by atoms with E-state index in [-0.39, 0.29) is 24.2 Å². The fraction of sp³-hybridized carbons (Fsp3) is 0.538. The molecule has 2 N–H and O–H groups in total. The lowest BCUT2D eigenvalue weighted by Crippen LogP contribution is -2.33. The average Bonchev–Trinajstić information content (AvgIpc) is 2.28. The molecule has 0 aromatic heterocycles. The van der Waals surface area contributed by atoms with Crippen LogP contribution >= 0.6 is 12.4 Å². The molecule has 1 atom stereocenters. The van der Waals surface area contributed by atoms with Gasteiger partial charge in [0.25, 0.3) is 0 Å². The van der Waals surface area contributed by atoms with Crippen LogP contribution in [0.2, 0.25) is 0 Å². The summed E-state index contributed by atoms with van der Waals surface area (Å²) in [5.41, 5.74) is 6.66. The van der Waals surface area contributed by atoms with E-state index in [4.69, 9.17) is 5.73 Å². The Hall–Kier alpha value is -1.01. The van der Waals surface area contributed by atoms with Crippen molar-refractivity contribution in [3.63, 3.8) is 0 Å². The highest BCUT2D eigenvalue weighted by Gasteiger charge is 2.43. The van der Waals surface area contributed by atoms with Crippen molar-refractivity contribution in [1.29, 1.82) is 0 Å². The number of nitrogens with two attached hydrogens (primary N) is 1. The van der Waals surface area contributed by atoms with Crippen molar-refractivity contribution in [2.75, 3.05) is 0 Å². The summed E-state index contributed by atoms with van der Waals surface area (Å²) in [7, 11) is 0. The Morgan fingerprint density at radius 1 is 1.15 bits per heavy atom. The molecule has 0 saturated heterocycles. The second kappa shape index (κ2) is 7.69. The van der Waals surface area contributed by atoms with Crippen LogP contribution in [-0.2, 0) is 0 Å². The Kier molecular flexibility index (Phi) is 7.30. The SMILES string of the molecule is CC(C)C[C@@H](N)c1ccc(OC(F)(F)C(F)F)cc1.Cl. The van der Waals surface area contributed by atoms with Crippen molar-refractivity contribution in [3.8, 4) is 5.75 Å². The first kappa shape index (κ1) is 19.0. The maximum absolute atomic E-state index is 12.7. The third-order valence-electron chi connectivity index (χ3n) is 2.54. The van der Waals surface area contributed by atoms with E-state index in [0.717, 1.165) is 12.0 Å². The van der Waals surface area contributed by atoms with Gasteiger partial charge in [-0.2, -0.15) is 17.6 Å². The highest BCUT2D eigenvalue weighted by atomic mass is 35.5. The lowest BCUT2D eigenvalue weighted by molar-refractivity contribution is -0.253. The minimum Gasteiger partial charge on any atom is -0.428 e. The van der Waals surface area contributed by atoms with Gasteiger partial charge in [0.05, 0.1) is 0 Å². The van der Waals surface area contributed by atoms with Crippen molar-refractivity contribution in [3.05, 3.63) is 29.8 Å². The third kappa shape index (κ3) is 5.54. The molecular formula is C13H18ClF4NO. The minimum absolute atomic E-state index is 0. The lowest BCUT2D eigenvalue weighted by atomic mass is 9.98. The van der Waals surface area contributed by atoms with Gasteiger partial charge < -0.3 is 10.5 Å². The predicted molar refractivity (Wildman–Crippen MR) is 71.7 cm³/mol. The summed E-state index contributed by atoms with van der Waals surface area (Å²) >= 11 is 0. The van der Waals surface area contributed by atoms with E-state index in [1.165, 1.54) is 24.3 Å². The summed E-state index contributed by atoms with van der Waals surface area (Å²) in [5.74, 6) is 0.0832. The largest absolute Gasteiger partial charge is 0.461 e. The standard InChI is InChI=1S/C13H17F4NO.ClH/c1-8(2)7-11(18)9-3-5-10(6-4-9)19-13(16,17)12(14)15;/h3-6,8,11-12H,7,18H2,1-2H3;1H/t11-;/m1./s1. The van der Waals surface area contributed by atoms with Gasteiger partial charge in [-0.05, 0) is 30.0 Å². The van der Waals surface area contributed by atoms with Crippen LogP contribution in [0.5, 0.6) is 5.75 Å². The highest BCUT2D eigenvalue weighted by molar-refractivity contribution is 5.85. The fourth-order valence-corrected chi connectivity index (χ4v) is 1.63. The molecule has 0 amide bonds. The van der Waals surface area contributed by atoms with Gasteiger partial charge in [-0.15, -0.1) is 12.4 Å². The second-order valence-corrected chi connectivity index (χ2v) is 4.77. The molecule has 0 saturated carbocycles. The van der Waals surface area contributed by atoms with Gasteiger partial charge in [0.15, 0.2) is 0 Å². The number of hydrogen-bond donors (Lipinski definition) is 1. The summed E-state index contributed by atoms with van der Waals surface area (Å²) in [4.78, 5) is 0. The number of alkyl halides is 4. The van der Waals surface area contributed by atoms with Crippen LogP contribution in [0.25, 0.3) is 0 Å². The molecule has 0 aliphatic carbocycles. The van der Waals surface area contributed by atoms with Crippen LogP contribution in [0.15, 0.2) is 24.3 Å². The number of rotatable bonds is 6. The Bertz CT molecular complexity index is 398. The summed E-state index contributed by atoms with van der Waals surface area (Å²) in [6.07, 6.45) is -7.61. The first-order valence-electron chi connectivity index (χ1n) is 5.93. The smallest absolute Gasteiger partial charge is 0.428 e. The first-order chi connectivity index (χ1) is 8.72. The molecule has 0 bridgehead atoms. The maximum atomic E-state index is 12.7. The van der Waals surface area contributed by atoms with Gasteiger partial charge >= 0.3 is 12.5 Å². The molecule has 0 spiro atoms. The molecule has 1 rings (SSSR count). The van der Waals surface area contributed by atoms with Crippen molar-refractivity contribution < 1.29 is 22.3 Å². The molecule has 116 valence electrons. The molecule has 0 radical (unpaired) electrons. The van der Waals surface area contributed by atoms with Crippen LogP contribution < -0.4 is 10.5 Å². The average molecular weight is 316 g/mol. The molecule has 0 fully saturated rings. The Labute approximate surface area is 121 Å². The first-order valence-corrected chi connectivity index (χ1v) is 5.93. The van der Waals surface area contributed by atoms with E-state index >= 15 is 0 Å². The van der Waals surface area contributed by atoms with Crippen LogP contribution in [0.4, 0.5) is 17.6 Å². The molecule has 2 nitrogen and oxygen atoms in total. The van der Waals surface area contributed by atoms with Gasteiger partial charge in [-0.25, -0.2) is 0 Å². The molecular weight excluding hydrogens is 298 g/mol. The summed E-state index contributed by atoms with van der Waals surface area (Å²) in [6, 6.07) is 5.22. The Balaban J connectivity index is 0.00000361. The van der Waals surface area contributed by atoms with Gasteiger partial charge in [0, 0.05) is 6.04 Å². The molecule has 7 heteroatoms. The van der Waals surface area contributed by atoms with Crippen LogP contribution in [0.3, 0.4) is 0 Å². The number of ether oxygens (including phenoxy) is 1. The topological polar surface area (TPSA) is 35.2 Å². The van der Waals surface area contributed by atoms with E-state index < -0.39 is 12.5 Å². The zero-order chi connectivity index (χ0) is 14.6. The van der Waals surface area contributed by atoms with Gasteiger partial charge in [-0.1, -0.05) is 26.0 Å². The van der Waals surface area contributed by atoms with Crippen molar-refractivity contribution in [2.45, 2.75) is 38.8 Å². The number of benzene rings is 1. The molecule has 1 aromatic rings. The van der Waals surface area contributed by atoms with Crippen molar-refractivity contribution >= 4 is 12.4 Å². The molecule has 0 heterocycles. The van der Waals surface area contributed by atoms with Gasteiger partial charge in [0.2, 0.25) is 0 Å². The molecule has 0 unspecified atom stereocenters. The van der Waals surface area contributed by atoms with E-state index in [0.29, 0.717) is 5.92 Å². The summed E-state index contributed by atoms with van der Waals surface area (Å²) in [5, 5.41) is 0. The van der Waals surface area contributed by atoms with Crippen molar-refractivity contribution in [1.82, 2.24) is 0 Å². The second-order valence-electron chi connectivity index (χ2n) is 4.77. The van der Waals surface area contributed by atoms with Gasteiger partial charge in [0.1, 0.15) is 5.75 Å². The zero-order valence-electron chi connectivity index (χ0n) is 11.2. The van der Waals surface area contributed by atoms with E-state index in [1.807, 2.05) is 13.8 Å². The fourth-order valence-electron chi connectivity index (χ4n) is 1.63. The number of halogens is 5. The Morgan fingerprint density at radius 3 is 2.05 bits per heavy atom. The molecule has 1 aromatic carbocycles. The maximum Gasteiger partial charge on any atom is 0.461 e. The minimum atomic E-state index is -4.48. The Morgan fingerprint density at radius 2 is 1.65 bits per heavy atom. The summed E-state index contributed by atoms with van der Waals surface area (Å²) in [6.45, 7) is 4.03. The monoisotopic (exact) mass is 315 g/mol. The molecule has 20 heavy (non-hydrogen) atoms. The highest BCUT2D eigenvalue weighted by Crippen LogP contribution is 2.28. The van der Waals surface area contributed by atoms with Crippen LogP contribution in [0.1, 0.15) is 31.9 Å². The van der Waals surface area contributed by atoms with Crippen LogP contribution in [-0.4, -0.2) is 12.5 Å². The quantitative estimate of drug-likeness (QED) is 0.790. The lowest BCUT2D eigenvalue weighted by Gasteiger charge is -2.18. The molecule has 0 aliphatic heterocycles. The number of hydrogen-bond acceptors (Lipinski definition) is 2. The molecule has 0 aliphatic rings. The summed E-state index contributed by atoms with van der Waals surface area (Å²) < 4.78 is 53.2. The van der Waals surface area contributed by atoms with E-state index in [1.54, 1.807) is 0 Å². The van der Waals surface area contributed by atoms with E-state index in [9.17, 15) is 17.6 Å². The van der Waals surface area contributed by atoms with Crippen LogP contribution in [0, 0.1) is 5.92 Å². The normalized spacial score (nSPS) is 13.2. The van der Waals surface area contributed by atoms with Crippen molar-refractivity contribution in [2.24, 2.45) is 11.7 Å². The zero-order valence-corrected chi connectivity index (χ0v) is 12.0. The van der Waals surface area contributed by atoms with Gasteiger partial charge in [-0.3, -0.25) is 0 Å².